The Bertz CT molecular complexity index is 590. The number of aromatic nitrogens is 3. The lowest BCUT2D eigenvalue weighted by atomic mass is 9.97. The highest BCUT2D eigenvalue weighted by Crippen LogP contribution is 2.21. The number of hydrogen-bond acceptors (Lipinski definition) is 5. The van der Waals surface area contributed by atoms with Crippen molar-refractivity contribution < 1.29 is 4.79 Å². The number of carbonyl (C=O) groups is 1. The lowest BCUT2D eigenvalue weighted by Crippen LogP contribution is -2.41. The fourth-order valence-electron chi connectivity index (χ4n) is 2.52. The van der Waals surface area contributed by atoms with Crippen LogP contribution in [0.2, 0.25) is 0 Å². The number of amides is 1. The number of nitrogens with one attached hydrogen (secondary N) is 1. The molecule has 2 aromatic heterocycles. The molecule has 1 aliphatic rings. The van der Waals surface area contributed by atoms with Crippen molar-refractivity contribution in [1.29, 1.82) is 0 Å². The maximum Gasteiger partial charge on any atom is 0.230 e. The van der Waals surface area contributed by atoms with E-state index in [1.165, 1.54) is 0 Å². The predicted molar refractivity (Wildman–Crippen MR) is 79.8 cm³/mol. The van der Waals surface area contributed by atoms with Crippen LogP contribution < -0.4 is 10.2 Å². The van der Waals surface area contributed by atoms with Crippen LogP contribution in [0.3, 0.4) is 0 Å². The number of piperidine rings is 1. The summed E-state index contributed by atoms with van der Waals surface area (Å²) >= 11 is 0. The van der Waals surface area contributed by atoms with E-state index in [9.17, 15) is 4.79 Å². The van der Waals surface area contributed by atoms with Crippen LogP contribution in [-0.4, -0.2) is 33.9 Å². The van der Waals surface area contributed by atoms with Crippen LogP contribution in [0.4, 0.5) is 11.6 Å². The van der Waals surface area contributed by atoms with Gasteiger partial charge >= 0.3 is 0 Å². The molecule has 0 aromatic carbocycles. The third-order valence-corrected chi connectivity index (χ3v) is 3.58. The maximum absolute atomic E-state index is 12.3. The van der Waals surface area contributed by atoms with E-state index < -0.39 is 0 Å². The highest BCUT2D eigenvalue weighted by atomic mass is 16.2. The van der Waals surface area contributed by atoms with Crippen LogP contribution in [0, 0.1) is 5.92 Å². The second kappa shape index (κ2) is 6.30. The summed E-state index contributed by atoms with van der Waals surface area (Å²) in [4.78, 5) is 26.9. The third-order valence-electron chi connectivity index (χ3n) is 3.58. The van der Waals surface area contributed by atoms with Gasteiger partial charge in [-0.2, -0.15) is 0 Å². The Balaban J connectivity index is 1.64. The summed E-state index contributed by atoms with van der Waals surface area (Å²) in [5.41, 5.74) is 0. The first-order valence-corrected chi connectivity index (χ1v) is 7.06. The van der Waals surface area contributed by atoms with E-state index in [4.69, 9.17) is 0 Å². The van der Waals surface area contributed by atoms with Crippen LogP contribution in [0.1, 0.15) is 12.8 Å². The molecule has 0 saturated carbocycles. The van der Waals surface area contributed by atoms with Crippen molar-refractivity contribution >= 4 is 17.5 Å². The number of hydrogen-bond donors (Lipinski definition) is 1. The fourth-order valence-corrected chi connectivity index (χ4v) is 2.52. The summed E-state index contributed by atoms with van der Waals surface area (Å²) in [6, 6.07) is 5.47. The second-order valence-corrected chi connectivity index (χ2v) is 5.05. The zero-order valence-electron chi connectivity index (χ0n) is 11.6. The molecular weight excluding hydrogens is 266 g/mol. The predicted octanol–water partition coefficient (Wildman–Crippen LogP) is 1.73. The molecule has 0 radical (unpaired) electrons. The van der Waals surface area contributed by atoms with Crippen molar-refractivity contribution in [3.05, 3.63) is 43.0 Å². The smallest absolute Gasteiger partial charge is 0.230 e. The van der Waals surface area contributed by atoms with Crippen LogP contribution in [-0.2, 0) is 4.79 Å². The summed E-state index contributed by atoms with van der Waals surface area (Å²) in [5, 5.41) is 2.87. The number of rotatable bonds is 3. The highest BCUT2D eigenvalue weighted by molar-refractivity contribution is 5.92. The number of carbonyl (C=O) groups excluding carboxylic acids is 1. The first kappa shape index (κ1) is 13.5. The zero-order valence-corrected chi connectivity index (χ0v) is 11.6. The molecule has 0 bridgehead atoms. The van der Waals surface area contributed by atoms with Crippen molar-refractivity contribution in [2.75, 3.05) is 23.3 Å². The monoisotopic (exact) mass is 283 g/mol. The molecule has 0 unspecified atom stereocenters. The third kappa shape index (κ3) is 3.34. The molecule has 108 valence electrons. The van der Waals surface area contributed by atoms with Crippen molar-refractivity contribution in [1.82, 2.24) is 15.0 Å². The molecule has 2 aromatic rings. The average Bonchev–Trinajstić information content (AvgIpc) is 2.57. The standard InChI is InChI=1S/C15H17N5O/c21-15(19-13-5-1-2-6-17-13)12-4-3-9-20(11-12)14-10-16-7-8-18-14/h1-2,5-8,10,12H,3-4,9,11H2,(H,17,19,21)/t12-/m0/s1. The van der Waals surface area contributed by atoms with E-state index >= 15 is 0 Å². The molecule has 1 aliphatic heterocycles. The molecule has 1 saturated heterocycles. The molecule has 1 fully saturated rings. The largest absolute Gasteiger partial charge is 0.355 e. The van der Waals surface area contributed by atoms with Gasteiger partial charge in [0.2, 0.25) is 5.91 Å². The molecule has 0 spiro atoms. The van der Waals surface area contributed by atoms with Gasteiger partial charge in [-0.25, -0.2) is 9.97 Å². The summed E-state index contributed by atoms with van der Waals surface area (Å²) < 4.78 is 0. The molecule has 0 aliphatic carbocycles. The zero-order chi connectivity index (χ0) is 14.5. The van der Waals surface area contributed by atoms with Gasteiger partial charge in [0.15, 0.2) is 0 Å². The molecule has 1 N–H and O–H groups in total. The Morgan fingerprint density at radius 1 is 1.24 bits per heavy atom. The number of nitrogens with zero attached hydrogens (tertiary/aromatic N) is 4. The van der Waals surface area contributed by atoms with Gasteiger partial charge < -0.3 is 10.2 Å². The maximum atomic E-state index is 12.3. The lowest BCUT2D eigenvalue weighted by molar-refractivity contribution is -0.120. The van der Waals surface area contributed by atoms with Gasteiger partial charge in [0.25, 0.3) is 0 Å². The van der Waals surface area contributed by atoms with Gasteiger partial charge in [-0.05, 0) is 25.0 Å². The Kier molecular flexibility index (Phi) is 4.04. The normalized spacial score (nSPS) is 18.3. The van der Waals surface area contributed by atoms with Gasteiger partial charge in [-0.1, -0.05) is 6.07 Å². The molecule has 1 atom stereocenters. The topological polar surface area (TPSA) is 71.0 Å². The van der Waals surface area contributed by atoms with Gasteiger partial charge in [-0.3, -0.25) is 9.78 Å². The molecule has 1 amide bonds. The second-order valence-electron chi connectivity index (χ2n) is 5.05. The van der Waals surface area contributed by atoms with Crippen molar-refractivity contribution in [2.45, 2.75) is 12.8 Å². The first-order valence-electron chi connectivity index (χ1n) is 7.06. The lowest BCUT2D eigenvalue weighted by Gasteiger charge is -2.32. The molecule has 21 heavy (non-hydrogen) atoms. The minimum atomic E-state index is -0.0530. The summed E-state index contributed by atoms with van der Waals surface area (Å²) in [7, 11) is 0. The van der Waals surface area contributed by atoms with Gasteiger partial charge in [0.1, 0.15) is 11.6 Å². The van der Waals surface area contributed by atoms with Gasteiger partial charge in [-0.15, -0.1) is 0 Å². The molecule has 6 nitrogen and oxygen atoms in total. The van der Waals surface area contributed by atoms with E-state index in [0.717, 1.165) is 25.2 Å². The minimum absolute atomic E-state index is 0.0160. The molecule has 3 rings (SSSR count). The average molecular weight is 283 g/mol. The summed E-state index contributed by atoms with van der Waals surface area (Å²) in [5.74, 6) is 1.39. The Labute approximate surface area is 123 Å². The first-order chi connectivity index (χ1) is 10.3. The van der Waals surface area contributed by atoms with Crippen molar-refractivity contribution in [2.24, 2.45) is 5.92 Å². The van der Waals surface area contributed by atoms with Gasteiger partial charge in [0.05, 0.1) is 12.1 Å². The SMILES string of the molecule is O=C(Nc1ccccn1)[C@H]1CCCN(c2cnccn2)C1. The highest BCUT2D eigenvalue weighted by Gasteiger charge is 2.26. The minimum Gasteiger partial charge on any atom is -0.355 e. The van der Waals surface area contributed by atoms with Crippen LogP contribution in [0.5, 0.6) is 0 Å². The van der Waals surface area contributed by atoms with Gasteiger partial charge in [0, 0.05) is 31.7 Å². The van der Waals surface area contributed by atoms with E-state index in [1.54, 1.807) is 30.9 Å². The van der Waals surface area contributed by atoms with E-state index in [2.05, 4.69) is 25.2 Å². The number of anilines is 2. The van der Waals surface area contributed by atoms with E-state index in [0.29, 0.717) is 12.4 Å². The molecule has 3 heterocycles. The van der Waals surface area contributed by atoms with E-state index in [-0.39, 0.29) is 11.8 Å². The summed E-state index contributed by atoms with van der Waals surface area (Å²) in [6.45, 7) is 1.57. The van der Waals surface area contributed by atoms with E-state index in [1.807, 2.05) is 12.1 Å². The molecule has 6 heteroatoms. The van der Waals surface area contributed by atoms with Crippen molar-refractivity contribution in [3.8, 4) is 0 Å². The van der Waals surface area contributed by atoms with Crippen LogP contribution in [0.25, 0.3) is 0 Å². The molecular formula is C15H17N5O. The Morgan fingerprint density at radius 3 is 2.95 bits per heavy atom. The Hall–Kier alpha value is -2.50. The Morgan fingerprint density at radius 2 is 2.19 bits per heavy atom. The quantitative estimate of drug-likeness (QED) is 0.928. The van der Waals surface area contributed by atoms with Crippen LogP contribution in [0.15, 0.2) is 43.0 Å². The summed E-state index contributed by atoms with van der Waals surface area (Å²) in [6.07, 6.45) is 8.58. The van der Waals surface area contributed by atoms with Crippen LogP contribution >= 0.6 is 0 Å². The van der Waals surface area contributed by atoms with Crippen molar-refractivity contribution in [3.63, 3.8) is 0 Å². The fraction of sp³-hybridized carbons (Fsp3) is 0.333. The number of pyridine rings is 1.